The minimum Gasteiger partial charge on any atom is -0.384 e. The Morgan fingerprint density at radius 2 is 2.03 bits per heavy atom. The van der Waals surface area contributed by atoms with Crippen molar-refractivity contribution in [3.63, 3.8) is 0 Å². The molecule has 0 saturated carbocycles. The molecule has 0 unspecified atom stereocenters. The molecule has 0 aliphatic rings. The predicted molar refractivity (Wildman–Crippen MR) is 104 cm³/mol. The molecule has 12 heteroatoms. The van der Waals surface area contributed by atoms with Crippen molar-refractivity contribution in [3.05, 3.63) is 64.6 Å². The van der Waals surface area contributed by atoms with E-state index < -0.39 is 23.3 Å². The second kappa shape index (κ2) is 7.02. The molecule has 3 heterocycles. The lowest BCUT2D eigenvalue weighted by molar-refractivity contribution is -0.137. The molecule has 0 radical (unpaired) electrons. The van der Waals surface area contributed by atoms with Crippen molar-refractivity contribution in [2.45, 2.75) is 13.1 Å². The number of amides is 1. The first kappa shape index (κ1) is 19.7. The number of rotatable bonds is 3. The molecule has 1 amide bonds. The number of nitrogen functional groups attached to an aromatic ring is 1. The van der Waals surface area contributed by atoms with Gasteiger partial charge in [0, 0.05) is 12.3 Å². The SMILES string of the molecule is Cc1cc(NC(=O)c2cnn3ccc(N)nc23)n(-c2c(Cl)cccc2C(F)(F)F)n1. The van der Waals surface area contributed by atoms with E-state index in [-0.39, 0.29) is 27.9 Å². The maximum Gasteiger partial charge on any atom is 0.418 e. The summed E-state index contributed by atoms with van der Waals surface area (Å²) in [5.74, 6) is -0.465. The number of carbonyl (C=O) groups is 1. The summed E-state index contributed by atoms with van der Waals surface area (Å²) < 4.78 is 42.9. The fraction of sp³-hybridized carbons (Fsp3) is 0.111. The fourth-order valence-corrected chi connectivity index (χ4v) is 3.20. The molecule has 0 spiro atoms. The number of para-hydroxylation sites is 1. The Kier molecular flexibility index (Phi) is 4.61. The molecule has 0 bridgehead atoms. The van der Waals surface area contributed by atoms with Crippen LogP contribution >= 0.6 is 11.6 Å². The van der Waals surface area contributed by atoms with E-state index in [0.29, 0.717) is 5.69 Å². The first-order valence-corrected chi connectivity index (χ1v) is 8.87. The zero-order valence-corrected chi connectivity index (χ0v) is 16.0. The van der Waals surface area contributed by atoms with Crippen LogP contribution in [0.25, 0.3) is 11.3 Å². The van der Waals surface area contributed by atoms with Gasteiger partial charge in [-0.2, -0.15) is 23.4 Å². The van der Waals surface area contributed by atoms with Gasteiger partial charge in [-0.05, 0) is 25.1 Å². The van der Waals surface area contributed by atoms with Crippen LogP contribution in [0.15, 0.2) is 42.7 Å². The number of hydrogen-bond acceptors (Lipinski definition) is 5. The highest BCUT2D eigenvalue weighted by Crippen LogP contribution is 2.38. The molecule has 0 saturated heterocycles. The molecule has 8 nitrogen and oxygen atoms in total. The van der Waals surface area contributed by atoms with Crippen molar-refractivity contribution in [1.82, 2.24) is 24.4 Å². The smallest absolute Gasteiger partial charge is 0.384 e. The van der Waals surface area contributed by atoms with E-state index in [4.69, 9.17) is 17.3 Å². The molecule has 0 aliphatic heterocycles. The Labute approximate surface area is 172 Å². The average Bonchev–Trinajstić information content (AvgIpc) is 3.23. The maximum absolute atomic E-state index is 13.5. The number of nitrogens with two attached hydrogens (primary N) is 1. The number of carbonyl (C=O) groups excluding carboxylic acids is 1. The summed E-state index contributed by atoms with van der Waals surface area (Å²) in [6.07, 6.45) is -1.87. The fourth-order valence-electron chi connectivity index (χ4n) is 2.94. The van der Waals surface area contributed by atoms with Crippen molar-refractivity contribution in [2.75, 3.05) is 11.1 Å². The lowest BCUT2D eigenvalue weighted by Crippen LogP contribution is -2.18. The van der Waals surface area contributed by atoms with Gasteiger partial charge in [0.25, 0.3) is 5.91 Å². The monoisotopic (exact) mass is 435 g/mol. The molecular weight excluding hydrogens is 423 g/mol. The van der Waals surface area contributed by atoms with E-state index in [1.807, 2.05) is 0 Å². The minimum atomic E-state index is -4.68. The summed E-state index contributed by atoms with van der Waals surface area (Å²) in [7, 11) is 0. The number of fused-ring (bicyclic) bond motifs is 1. The second-order valence-electron chi connectivity index (χ2n) is 6.35. The van der Waals surface area contributed by atoms with Gasteiger partial charge in [0.1, 0.15) is 17.2 Å². The van der Waals surface area contributed by atoms with Crippen LogP contribution in [0.1, 0.15) is 21.6 Å². The summed E-state index contributed by atoms with van der Waals surface area (Å²) in [6.45, 7) is 1.58. The first-order chi connectivity index (χ1) is 14.1. The summed E-state index contributed by atoms with van der Waals surface area (Å²) >= 11 is 6.07. The summed E-state index contributed by atoms with van der Waals surface area (Å²) in [4.78, 5) is 16.9. The molecule has 30 heavy (non-hydrogen) atoms. The maximum atomic E-state index is 13.5. The number of hydrogen-bond donors (Lipinski definition) is 2. The average molecular weight is 436 g/mol. The van der Waals surface area contributed by atoms with Crippen molar-refractivity contribution in [2.24, 2.45) is 0 Å². The normalized spacial score (nSPS) is 11.8. The van der Waals surface area contributed by atoms with Crippen molar-refractivity contribution >= 4 is 34.8 Å². The number of aromatic nitrogens is 5. The van der Waals surface area contributed by atoms with Gasteiger partial charge in [0.15, 0.2) is 5.65 Å². The number of halogens is 4. The lowest BCUT2D eigenvalue weighted by atomic mass is 10.1. The van der Waals surface area contributed by atoms with Gasteiger partial charge in [-0.3, -0.25) is 4.79 Å². The van der Waals surface area contributed by atoms with Crippen molar-refractivity contribution in [3.8, 4) is 5.69 Å². The van der Waals surface area contributed by atoms with E-state index in [2.05, 4.69) is 20.5 Å². The van der Waals surface area contributed by atoms with Crippen LogP contribution in [0.2, 0.25) is 5.02 Å². The van der Waals surface area contributed by atoms with Gasteiger partial charge in [0.05, 0.1) is 28.2 Å². The molecule has 154 valence electrons. The van der Waals surface area contributed by atoms with Gasteiger partial charge in [-0.25, -0.2) is 14.2 Å². The first-order valence-electron chi connectivity index (χ1n) is 8.49. The Bertz CT molecular complexity index is 1280. The highest BCUT2D eigenvalue weighted by molar-refractivity contribution is 6.32. The van der Waals surface area contributed by atoms with Crippen LogP contribution in [-0.4, -0.2) is 30.3 Å². The third-order valence-corrected chi connectivity index (χ3v) is 4.52. The highest BCUT2D eigenvalue weighted by atomic mass is 35.5. The van der Waals surface area contributed by atoms with Crippen LogP contribution in [0.3, 0.4) is 0 Å². The predicted octanol–water partition coefficient (Wildman–Crippen LogP) is 3.73. The molecule has 3 N–H and O–H groups in total. The largest absolute Gasteiger partial charge is 0.418 e. The number of benzene rings is 1. The van der Waals surface area contributed by atoms with Gasteiger partial charge < -0.3 is 11.1 Å². The summed E-state index contributed by atoms with van der Waals surface area (Å²) in [5, 5.41) is 10.5. The molecule has 1 aromatic carbocycles. The van der Waals surface area contributed by atoms with E-state index in [9.17, 15) is 18.0 Å². The van der Waals surface area contributed by atoms with Crippen LogP contribution < -0.4 is 11.1 Å². The number of alkyl halides is 3. The van der Waals surface area contributed by atoms with Gasteiger partial charge in [0.2, 0.25) is 0 Å². The standard InChI is InChI=1S/C18H13ClF3N7O/c1-9-7-14(26-17(30)10-8-24-28-6-5-13(23)25-16(10)28)29(27-9)15-11(18(20,21)22)3-2-4-12(15)19/h2-8H,1H3,(H2,23,25)(H,26,30). The third kappa shape index (κ3) is 3.43. The van der Waals surface area contributed by atoms with Crippen molar-refractivity contribution in [1.29, 1.82) is 0 Å². The number of nitrogens with zero attached hydrogens (tertiary/aromatic N) is 5. The van der Waals surface area contributed by atoms with E-state index >= 15 is 0 Å². The van der Waals surface area contributed by atoms with E-state index in [0.717, 1.165) is 10.7 Å². The molecule has 0 fully saturated rings. The molecular formula is C18H13ClF3N7O. The molecule has 0 aliphatic carbocycles. The highest BCUT2D eigenvalue weighted by Gasteiger charge is 2.36. The molecule has 0 atom stereocenters. The van der Waals surface area contributed by atoms with Crippen LogP contribution in [0.5, 0.6) is 0 Å². The zero-order valence-electron chi connectivity index (χ0n) is 15.3. The minimum absolute atomic E-state index is 0.000599. The van der Waals surface area contributed by atoms with E-state index in [1.165, 1.54) is 41.2 Å². The Morgan fingerprint density at radius 1 is 1.27 bits per heavy atom. The topological polar surface area (TPSA) is 103 Å². The third-order valence-electron chi connectivity index (χ3n) is 4.21. The number of aryl methyl sites for hydroxylation is 1. The van der Waals surface area contributed by atoms with Crippen molar-refractivity contribution < 1.29 is 18.0 Å². The summed E-state index contributed by atoms with van der Waals surface area (Å²) in [5.41, 5.74) is 4.94. The molecule has 4 aromatic rings. The second-order valence-corrected chi connectivity index (χ2v) is 6.76. The van der Waals surface area contributed by atoms with Crippen LogP contribution in [0.4, 0.5) is 24.8 Å². The van der Waals surface area contributed by atoms with Crippen LogP contribution in [-0.2, 0) is 6.18 Å². The quantitative estimate of drug-likeness (QED) is 0.510. The Balaban J connectivity index is 1.79. The number of nitrogens with one attached hydrogen (secondary N) is 1. The lowest BCUT2D eigenvalue weighted by Gasteiger charge is -2.16. The summed E-state index contributed by atoms with van der Waals surface area (Å²) in [6, 6.07) is 6.33. The van der Waals surface area contributed by atoms with Crippen LogP contribution in [0, 0.1) is 6.92 Å². The molecule has 4 rings (SSSR count). The Hall–Kier alpha value is -3.60. The van der Waals surface area contributed by atoms with Gasteiger partial charge in [-0.15, -0.1) is 0 Å². The van der Waals surface area contributed by atoms with E-state index in [1.54, 1.807) is 6.92 Å². The zero-order chi connectivity index (χ0) is 21.6. The number of anilines is 2. The van der Waals surface area contributed by atoms with Gasteiger partial charge in [-0.1, -0.05) is 17.7 Å². The Morgan fingerprint density at radius 3 is 2.77 bits per heavy atom. The van der Waals surface area contributed by atoms with Gasteiger partial charge >= 0.3 is 6.18 Å². The molecule has 3 aromatic heterocycles.